The first kappa shape index (κ1) is 16.8. The van der Waals surface area contributed by atoms with Crippen molar-refractivity contribution in [3.8, 4) is 11.3 Å². The molecule has 0 atom stereocenters. The van der Waals surface area contributed by atoms with Gasteiger partial charge in [-0.1, -0.05) is 0 Å². The second-order valence-corrected chi connectivity index (χ2v) is 5.23. The molecule has 2 heterocycles. The van der Waals surface area contributed by atoms with E-state index in [1.54, 1.807) is 24.7 Å². The average molecular weight is 345 g/mol. The van der Waals surface area contributed by atoms with Crippen molar-refractivity contribution in [3.05, 3.63) is 42.2 Å². The van der Waals surface area contributed by atoms with E-state index in [2.05, 4.69) is 5.10 Å². The molecule has 0 bridgehead atoms. The molecule has 1 aliphatic rings. The summed E-state index contributed by atoms with van der Waals surface area (Å²) in [5, 5.41) is 13.9. The zero-order chi connectivity index (χ0) is 17.8. The third-order valence-electron chi connectivity index (χ3n) is 3.58. The summed E-state index contributed by atoms with van der Waals surface area (Å²) in [4.78, 5) is 28.9. The van der Waals surface area contributed by atoms with Gasteiger partial charge in [0.15, 0.2) is 5.69 Å². The second kappa shape index (κ2) is 7.26. The third kappa shape index (κ3) is 3.58. The highest BCUT2D eigenvalue weighted by Crippen LogP contribution is 2.22. The number of imide groups is 1. The lowest BCUT2D eigenvalue weighted by atomic mass is 10.1. The molecule has 0 aliphatic carbocycles. The Kier molecular flexibility index (Phi) is 4.89. The molecule has 1 aromatic heterocycles. The highest BCUT2D eigenvalue weighted by atomic mass is 16.6. The fourth-order valence-electron chi connectivity index (χ4n) is 2.32. The van der Waals surface area contributed by atoms with E-state index in [1.807, 2.05) is 24.3 Å². The van der Waals surface area contributed by atoms with E-state index in [-0.39, 0.29) is 6.54 Å². The summed E-state index contributed by atoms with van der Waals surface area (Å²) < 4.78 is 5.67. The number of aliphatic hydroxyl groups is 1. The average Bonchev–Trinajstić information content (AvgIpc) is 3.18. The number of nitrogens with zero attached hydrogens (tertiary/aromatic N) is 3. The number of quaternary nitrogens is 1. The molecule has 1 aliphatic heterocycles. The van der Waals surface area contributed by atoms with Crippen LogP contribution in [0.3, 0.4) is 0 Å². The SMILES string of the molecule is CO[NH2+]c1ccc(-c2ccc(/C=N/N3CC(=O)N(CO)C3=O)o2)cc1. The molecule has 9 nitrogen and oxygen atoms in total. The van der Waals surface area contributed by atoms with Crippen LogP contribution in [-0.2, 0) is 9.63 Å². The maximum atomic E-state index is 11.8. The molecule has 3 rings (SSSR count). The summed E-state index contributed by atoms with van der Waals surface area (Å²) in [6.45, 7) is -0.869. The van der Waals surface area contributed by atoms with Gasteiger partial charge in [-0.25, -0.2) is 19.5 Å². The Bertz CT molecular complexity index is 799. The van der Waals surface area contributed by atoms with Crippen LogP contribution in [0.5, 0.6) is 0 Å². The first-order valence-corrected chi connectivity index (χ1v) is 7.45. The van der Waals surface area contributed by atoms with Crippen molar-refractivity contribution in [3.63, 3.8) is 0 Å². The Morgan fingerprint density at radius 1 is 1.28 bits per heavy atom. The van der Waals surface area contributed by atoms with Crippen molar-refractivity contribution in [1.82, 2.24) is 9.91 Å². The number of hydrogen-bond acceptors (Lipinski definition) is 6. The predicted octanol–water partition coefficient (Wildman–Crippen LogP) is 0.251. The van der Waals surface area contributed by atoms with Gasteiger partial charge in [0.2, 0.25) is 0 Å². The second-order valence-electron chi connectivity index (χ2n) is 5.23. The van der Waals surface area contributed by atoms with Crippen LogP contribution in [-0.4, -0.2) is 53.6 Å². The smallest absolute Gasteiger partial charge is 0.349 e. The Labute approximate surface area is 143 Å². The summed E-state index contributed by atoms with van der Waals surface area (Å²) in [5.74, 6) is 0.578. The Morgan fingerprint density at radius 2 is 2.04 bits per heavy atom. The fraction of sp³-hybridized carbons (Fsp3) is 0.188. The standard InChI is InChI=1S/C16H16N4O5/c1-24-18-12-4-2-11(3-5-12)14-7-6-13(25-14)8-17-20-9-15(22)19(10-21)16(20)23/h2-8,18,21H,9-10H2,1H3/p+1/b17-8+. The topological polar surface area (TPSA) is 112 Å². The summed E-state index contributed by atoms with van der Waals surface area (Å²) >= 11 is 0. The number of aliphatic hydroxyl groups excluding tert-OH is 1. The molecule has 0 radical (unpaired) electrons. The molecule has 0 spiro atoms. The van der Waals surface area contributed by atoms with Gasteiger partial charge in [0.1, 0.15) is 24.8 Å². The van der Waals surface area contributed by atoms with E-state index < -0.39 is 18.7 Å². The molecule has 1 saturated heterocycles. The first-order chi connectivity index (χ1) is 12.1. The van der Waals surface area contributed by atoms with Gasteiger partial charge in [0.25, 0.3) is 5.91 Å². The monoisotopic (exact) mass is 345 g/mol. The number of nitrogens with two attached hydrogens (primary N) is 1. The molecule has 130 valence electrons. The lowest BCUT2D eigenvalue weighted by Crippen LogP contribution is -2.75. The van der Waals surface area contributed by atoms with Crippen molar-refractivity contribution < 1.29 is 29.4 Å². The normalized spacial score (nSPS) is 15.0. The van der Waals surface area contributed by atoms with Gasteiger partial charge < -0.3 is 9.52 Å². The predicted molar refractivity (Wildman–Crippen MR) is 86.4 cm³/mol. The lowest BCUT2D eigenvalue weighted by molar-refractivity contribution is -0.830. The van der Waals surface area contributed by atoms with Crippen LogP contribution in [0.1, 0.15) is 5.76 Å². The number of amides is 3. The van der Waals surface area contributed by atoms with E-state index in [1.165, 1.54) is 6.21 Å². The number of furan rings is 1. The zero-order valence-electron chi connectivity index (χ0n) is 13.5. The van der Waals surface area contributed by atoms with Crippen molar-refractivity contribution in [2.24, 2.45) is 5.10 Å². The molecule has 0 unspecified atom stereocenters. The van der Waals surface area contributed by atoms with Gasteiger partial charge >= 0.3 is 6.03 Å². The Balaban J connectivity index is 1.69. The van der Waals surface area contributed by atoms with Crippen LogP contribution in [0.15, 0.2) is 45.9 Å². The number of rotatable bonds is 6. The first-order valence-electron chi connectivity index (χ1n) is 7.45. The van der Waals surface area contributed by atoms with Gasteiger partial charge in [-0.05, 0) is 24.3 Å². The number of urea groups is 1. The van der Waals surface area contributed by atoms with Crippen LogP contribution in [0.25, 0.3) is 11.3 Å². The van der Waals surface area contributed by atoms with Crippen LogP contribution in [0.4, 0.5) is 10.5 Å². The molecular formula is C16H17N4O5+. The number of carbonyl (C=O) groups is 2. The van der Waals surface area contributed by atoms with E-state index in [0.717, 1.165) is 16.3 Å². The number of carbonyl (C=O) groups excluding carboxylic acids is 2. The van der Waals surface area contributed by atoms with Gasteiger partial charge in [0.05, 0.1) is 13.3 Å². The highest BCUT2D eigenvalue weighted by Gasteiger charge is 2.35. The van der Waals surface area contributed by atoms with Crippen molar-refractivity contribution in [1.29, 1.82) is 0 Å². The van der Waals surface area contributed by atoms with Crippen LogP contribution >= 0.6 is 0 Å². The van der Waals surface area contributed by atoms with E-state index >= 15 is 0 Å². The van der Waals surface area contributed by atoms with Crippen LogP contribution < -0.4 is 5.48 Å². The van der Waals surface area contributed by atoms with Crippen molar-refractivity contribution in [2.75, 3.05) is 20.4 Å². The molecule has 3 N–H and O–H groups in total. The zero-order valence-corrected chi connectivity index (χ0v) is 13.5. The summed E-state index contributed by atoms with van der Waals surface area (Å²) in [5.41, 5.74) is 3.45. The minimum atomic E-state index is -0.666. The van der Waals surface area contributed by atoms with E-state index in [9.17, 15) is 9.59 Å². The van der Waals surface area contributed by atoms with Gasteiger partial charge in [-0.2, -0.15) is 10.6 Å². The highest BCUT2D eigenvalue weighted by molar-refractivity contribution is 6.02. The number of benzene rings is 1. The minimum absolute atomic E-state index is 0.207. The lowest BCUT2D eigenvalue weighted by Gasteiger charge is -2.09. The molecule has 0 saturated carbocycles. The molecule has 9 heteroatoms. The Hall–Kier alpha value is -3.01. The quantitative estimate of drug-likeness (QED) is 0.337. The maximum absolute atomic E-state index is 11.8. The molecule has 1 aromatic carbocycles. The molecule has 3 amide bonds. The van der Waals surface area contributed by atoms with Gasteiger partial charge in [0, 0.05) is 17.7 Å². The van der Waals surface area contributed by atoms with E-state index in [4.69, 9.17) is 14.4 Å². The number of hydrazone groups is 1. The molecular weight excluding hydrogens is 328 g/mol. The van der Waals surface area contributed by atoms with Crippen LogP contribution in [0.2, 0.25) is 0 Å². The summed E-state index contributed by atoms with van der Waals surface area (Å²) in [6, 6.07) is 10.4. The van der Waals surface area contributed by atoms with E-state index in [0.29, 0.717) is 16.4 Å². The summed E-state index contributed by atoms with van der Waals surface area (Å²) in [6.07, 6.45) is 1.35. The van der Waals surface area contributed by atoms with Crippen molar-refractivity contribution in [2.45, 2.75) is 0 Å². The fourth-order valence-corrected chi connectivity index (χ4v) is 2.32. The molecule has 1 fully saturated rings. The molecule has 25 heavy (non-hydrogen) atoms. The summed E-state index contributed by atoms with van der Waals surface area (Å²) in [7, 11) is 1.59. The minimum Gasteiger partial charge on any atom is -0.455 e. The largest absolute Gasteiger partial charge is 0.455 e. The van der Waals surface area contributed by atoms with Crippen molar-refractivity contribution >= 4 is 23.8 Å². The molecule has 2 aromatic rings. The third-order valence-corrected chi connectivity index (χ3v) is 3.58. The number of hydrogen-bond donors (Lipinski definition) is 2. The maximum Gasteiger partial charge on any atom is 0.349 e. The van der Waals surface area contributed by atoms with Gasteiger partial charge in [-0.3, -0.25) is 4.79 Å². The van der Waals surface area contributed by atoms with Gasteiger partial charge in [-0.15, -0.1) is 0 Å². The Morgan fingerprint density at radius 3 is 2.68 bits per heavy atom. The van der Waals surface area contributed by atoms with Crippen LogP contribution in [0, 0.1) is 0 Å².